The Balaban J connectivity index is 1.75. The molecular formula is C18H25N3OS. The summed E-state index contributed by atoms with van der Waals surface area (Å²) < 4.78 is 2.08. The minimum Gasteiger partial charge on any atom is -0.339 e. The van der Waals surface area contributed by atoms with Crippen molar-refractivity contribution in [1.29, 1.82) is 0 Å². The van der Waals surface area contributed by atoms with Crippen LogP contribution in [0.5, 0.6) is 0 Å². The number of piperidine rings is 1. The summed E-state index contributed by atoms with van der Waals surface area (Å²) in [7, 11) is 2.02. The second kappa shape index (κ2) is 6.95. The maximum Gasteiger partial charge on any atom is 0.236 e. The van der Waals surface area contributed by atoms with Crippen molar-refractivity contribution in [2.45, 2.75) is 56.0 Å². The maximum absolute atomic E-state index is 12.9. The van der Waals surface area contributed by atoms with Gasteiger partial charge < -0.3 is 9.47 Å². The quantitative estimate of drug-likeness (QED) is 0.799. The van der Waals surface area contributed by atoms with E-state index in [0.717, 1.165) is 42.0 Å². The summed E-state index contributed by atoms with van der Waals surface area (Å²) in [5.74, 6) is 0.258. The van der Waals surface area contributed by atoms with E-state index >= 15 is 0 Å². The van der Waals surface area contributed by atoms with Gasteiger partial charge >= 0.3 is 0 Å². The van der Waals surface area contributed by atoms with Gasteiger partial charge in [-0.25, -0.2) is 4.98 Å². The molecule has 0 spiro atoms. The van der Waals surface area contributed by atoms with Crippen LogP contribution < -0.4 is 0 Å². The van der Waals surface area contributed by atoms with Gasteiger partial charge in [0.05, 0.1) is 16.3 Å². The number of aryl methyl sites for hydroxylation is 1. The zero-order valence-corrected chi connectivity index (χ0v) is 15.0. The predicted octanol–water partition coefficient (Wildman–Crippen LogP) is 3.85. The lowest BCUT2D eigenvalue weighted by molar-refractivity contribution is -0.134. The van der Waals surface area contributed by atoms with Crippen molar-refractivity contribution in [2.75, 3.05) is 6.54 Å². The summed E-state index contributed by atoms with van der Waals surface area (Å²) in [6.45, 7) is 5.10. The number of imidazole rings is 1. The van der Waals surface area contributed by atoms with E-state index in [1.807, 2.05) is 32.2 Å². The highest BCUT2D eigenvalue weighted by atomic mass is 32.2. The van der Waals surface area contributed by atoms with Crippen molar-refractivity contribution in [2.24, 2.45) is 7.05 Å². The average molecular weight is 331 g/mol. The molecule has 4 nitrogen and oxygen atoms in total. The molecule has 5 heteroatoms. The highest BCUT2D eigenvalue weighted by Gasteiger charge is 2.29. The first-order chi connectivity index (χ1) is 11.1. The van der Waals surface area contributed by atoms with Gasteiger partial charge in [-0.05, 0) is 44.7 Å². The first-order valence-corrected chi connectivity index (χ1v) is 9.38. The molecule has 1 saturated heterocycles. The Morgan fingerprint density at radius 2 is 2.17 bits per heavy atom. The van der Waals surface area contributed by atoms with Crippen molar-refractivity contribution in [3.63, 3.8) is 0 Å². The number of hydrogen-bond acceptors (Lipinski definition) is 3. The number of rotatable bonds is 4. The lowest BCUT2D eigenvalue weighted by Gasteiger charge is -2.36. The molecule has 3 rings (SSSR count). The zero-order chi connectivity index (χ0) is 16.4. The first kappa shape index (κ1) is 16.4. The molecule has 2 aromatic rings. The number of aromatic nitrogens is 2. The van der Waals surface area contributed by atoms with Gasteiger partial charge in [0.2, 0.25) is 5.91 Å². The third-order valence-electron chi connectivity index (χ3n) is 4.76. The third kappa shape index (κ3) is 3.25. The molecule has 0 aliphatic carbocycles. The van der Waals surface area contributed by atoms with Gasteiger partial charge in [-0.1, -0.05) is 30.8 Å². The SMILES string of the molecule is CC[C@@H]1CCCCN1C(=O)[C@@H](C)Sc1nc2ccccc2n1C. The molecule has 23 heavy (non-hydrogen) atoms. The Labute approximate surface area is 142 Å². The number of thioether (sulfide) groups is 1. The Hall–Kier alpha value is -1.49. The fraction of sp³-hybridized carbons (Fsp3) is 0.556. The van der Waals surface area contributed by atoms with Crippen LogP contribution in [0.25, 0.3) is 11.0 Å². The summed E-state index contributed by atoms with van der Waals surface area (Å²) in [4.78, 5) is 19.6. The van der Waals surface area contributed by atoms with E-state index in [1.165, 1.54) is 6.42 Å². The smallest absolute Gasteiger partial charge is 0.236 e. The third-order valence-corrected chi connectivity index (χ3v) is 5.89. The van der Waals surface area contributed by atoms with Crippen LogP contribution in [0.1, 0.15) is 39.5 Å². The molecule has 1 aromatic heterocycles. The average Bonchev–Trinajstić information content (AvgIpc) is 2.90. The largest absolute Gasteiger partial charge is 0.339 e. The lowest BCUT2D eigenvalue weighted by atomic mass is 10.00. The first-order valence-electron chi connectivity index (χ1n) is 8.50. The molecule has 0 N–H and O–H groups in total. The zero-order valence-electron chi connectivity index (χ0n) is 14.2. The van der Waals surface area contributed by atoms with E-state index in [4.69, 9.17) is 0 Å². The van der Waals surface area contributed by atoms with Crippen molar-refractivity contribution in [3.8, 4) is 0 Å². The summed E-state index contributed by atoms with van der Waals surface area (Å²) in [6.07, 6.45) is 4.57. The Morgan fingerprint density at radius 3 is 2.91 bits per heavy atom. The molecule has 1 aliphatic heterocycles. The van der Waals surface area contributed by atoms with Gasteiger partial charge in [0.1, 0.15) is 0 Å². The highest BCUT2D eigenvalue weighted by molar-refractivity contribution is 8.00. The molecule has 1 aromatic carbocycles. The van der Waals surface area contributed by atoms with Gasteiger partial charge in [0, 0.05) is 19.6 Å². The molecule has 0 unspecified atom stereocenters. The second-order valence-electron chi connectivity index (χ2n) is 6.29. The fourth-order valence-corrected chi connectivity index (χ4v) is 4.35. The number of carbonyl (C=O) groups is 1. The summed E-state index contributed by atoms with van der Waals surface area (Å²) >= 11 is 1.57. The van der Waals surface area contributed by atoms with Crippen LogP contribution in [-0.4, -0.2) is 38.2 Å². The minimum atomic E-state index is -0.0994. The summed E-state index contributed by atoms with van der Waals surface area (Å²) in [5, 5.41) is 0.815. The maximum atomic E-state index is 12.9. The van der Waals surface area contributed by atoms with Crippen molar-refractivity contribution in [1.82, 2.24) is 14.5 Å². The van der Waals surface area contributed by atoms with E-state index in [2.05, 4.69) is 27.4 Å². The van der Waals surface area contributed by atoms with Crippen LogP contribution >= 0.6 is 11.8 Å². The number of carbonyl (C=O) groups excluding carboxylic acids is 1. The van der Waals surface area contributed by atoms with Crippen molar-refractivity contribution >= 4 is 28.7 Å². The van der Waals surface area contributed by atoms with Crippen LogP contribution in [-0.2, 0) is 11.8 Å². The molecule has 1 amide bonds. The highest BCUT2D eigenvalue weighted by Crippen LogP contribution is 2.29. The summed E-state index contributed by atoms with van der Waals surface area (Å²) in [6, 6.07) is 8.52. The Morgan fingerprint density at radius 1 is 1.39 bits per heavy atom. The Bertz CT molecular complexity index is 697. The Kier molecular flexibility index (Phi) is 4.95. The molecule has 0 saturated carbocycles. The van der Waals surface area contributed by atoms with Gasteiger partial charge in [-0.15, -0.1) is 0 Å². The van der Waals surface area contributed by atoms with Crippen LogP contribution in [0.15, 0.2) is 29.4 Å². The number of amides is 1. The van der Waals surface area contributed by atoms with E-state index in [9.17, 15) is 4.79 Å². The van der Waals surface area contributed by atoms with Gasteiger partial charge in [0.15, 0.2) is 5.16 Å². The van der Waals surface area contributed by atoms with Crippen LogP contribution in [0.2, 0.25) is 0 Å². The fourth-order valence-electron chi connectivity index (χ4n) is 3.39. The van der Waals surface area contributed by atoms with E-state index in [-0.39, 0.29) is 11.2 Å². The summed E-state index contributed by atoms with van der Waals surface area (Å²) in [5.41, 5.74) is 2.10. The van der Waals surface area contributed by atoms with E-state index in [0.29, 0.717) is 6.04 Å². The molecule has 1 fully saturated rings. The number of nitrogens with zero attached hydrogens (tertiary/aromatic N) is 3. The number of fused-ring (bicyclic) bond motifs is 1. The molecule has 124 valence electrons. The molecule has 2 heterocycles. The normalized spacial score (nSPS) is 20.0. The van der Waals surface area contributed by atoms with Crippen molar-refractivity contribution < 1.29 is 4.79 Å². The minimum absolute atomic E-state index is 0.0994. The monoisotopic (exact) mass is 331 g/mol. The van der Waals surface area contributed by atoms with Crippen molar-refractivity contribution in [3.05, 3.63) is 24.3 Å². The molecule has 1 aliphatic rings. The topological polar surface area (TPSA) is 38.1 Å². The second-order valence-corrected chi connectivity index (χ2v) is 7.60. The van der Waals surface area contributed by atoms with Gasteiger partial charge in [-0.3, -0.25) is 4.79 Å². The molecule has 0 radical (unpaired) electrons. The molecular weight excluding hydrogens is 306 g/mol. The van der Waals surface area contributed by atoms with Crippen LogP contribution in [0.4, 0.5) is 0 Å². The van der Waals surface area contributed by atoms with Gasteiger partial charge in [0.25, 0.3) is 0 Å². The number of hydrogen-bond donors (Lipinski definition) is 0. The molecule has 2 atom stereocenters. The number of para-hydroxylation sites is 2. The predicted molar refractivity (Wildman–Crippen MR) is 95.7 cm³/mol. The number of likely N-dealkylation sites (tertiary alicyclic amines) is 1. The molecule has 0 bridgehead atoms. The van der Waals surface area contributed by atoms with Gasteiger partial charge in [-0.2, -0.15) is 0 Å². The standard InChI is InChI=1S/C18H25N3OS/c1-4-14-9-7-8-12-21(14)17(22)13(2)23-18-19-15-10-5-6-11-16(15)20(18)3/h5-6,10-11,13-14H,4,7-9,12H2,1-3H3/t13-,14-/m1/s1. The number of benzene rings is 1. The van der Waals surface area contributed by atoms with E-state index in [1.54, 1.807) is 11.8 Å². The lowest BCUT2D eigenvalue weighted by Crippen LogP contribution is -2.46. The van der Waals surface area contributed by atoms with Crippen LogP contribution in [0, 0.1) is 0 Å². The van der Waals surface area contributed by atoms with Crippen LogP contribution in [0.3, 0.4) is 0 Å². The van der Waals surface area contributed by atoms with E-state index < -0.39 is 0 Å².